The van der Waals surface area contributed by atoms with Gasteiger partial charge in [-0.15, -0.1) is 0 Å². The van der Waals surface area contributed by atoms with Crippen LogP contribution in [0.15, 0.2) is 67.3 Å². The maximum atomic E-state index is 12.8. The molecule has 0 aromatic heterocycles. The lowest BCUT2D eigenvalue weighted by molar-refractivity contribution is -0.143. The van der Waals surface area contributed by atoms with Crippen LogP contribution < -0.4 is 0 Å². The summed E-state index contributed by atoms with van der Waals surface area (Å²) in [5, 5.41) is 27.7. The highest BCUT2D eigenvalue weighted by Gasteiger charge is 2.40. The number of carbonyl (C=O) groups is 3. The summed E-state index contributed by atoms with van der Waals surface area (Å²) >= 11 is 6.48. The molecule has 0 spiro atoms. The Labute approximate surface area is 290 Å². The first-order valence-corrected chi connectivity index (χ1v) is 18.6. The minimum atomic E-state index is -3.86. The first-order chi connectivity index (χ1) is 21.8. The Morgan fingerprint density at radius 1 is 0.766 bits per heavy atom. The summed E-state index contributed by atoms with van der Waals surface area (Å²) in [6, 6.07) is 10.2. The fourth-order valence-corrected chi connectivity index (χ4v) is 8.12. The third-order valence-corrected chi connectivity index (χ3v) is 11.9. The molecule has 2 aliphatic rings. The molecule has 2 heterocycles. The predicted molar refractivity (Wildman–Crippen MR) is 176 cm³/mol. The van der Waals surface area contributed by atoms with Gasteiger partial charge in [-0.25, -0.2) is 31.2 Å². The number of carboxylic acids is 1. The average molecular weight is 829 g/mol. The molecule has 2 aliphatic heterocycles. The van der Waals surface area contributed by atoms with Crippen LogP contribution in [0.25, 0.3) is 0 Å². The normalized spacial score (nSPS) is 19.8. The average Bonchev–Trinajstić information content (AvgIpc) is 3.00. The highest BCUT2D eigenvalue weighted by atomic mass is 79.9. The number of carbonyl (C=O) groups excluding carboxylic acids is 1. The number of aliphatic hydroxyl groups excluding tert-OH is 1. The van der Waals surface area contributed by atoms with Crippen molar-refractivity contribution in [3.8, 4) is 0 Å². The monoisotopic (exact) mass is 826 g/mol. The van der Waals surface area contributed by atoms with Gasteiger partial charge < -0.3 is 25.0 Å². The molecule has 2 saturated heterocycles. The Bertz CT molecular complexity index is 1650. The number of amides is 2. The number of carboxylic acid groups (broad SMARTS) is 2. The number of nitrogens with zero attached hydrogens (tertiary/aromatic N) is 4. The van der Waals surface area contributed by atoms with Gasteiger partial charge in [-0.2, -0.15) is 8.61 Å². The minimum Gasteiger partial charge on any atom is -0.480 e. The number of sulfonamides is 2. The zero-order chi connectivity index (χ0) is 35.3. The molecule has 2 atom stereocenters. The number of aliphatic hydroxyl groups is 1. The molecule has 47 heavy (non-hydrogen) atoms. The number of rotatable bonds is 6. The van der Waals surface area contributed by atoms with Gasteiger partial charge in [-0.3, -0.25) is 4.90 Å². The summed E-state index contributed by atoms with van der Waals surface area (Å²) in [5.74, 6) is -1.38. The van der Waals surface area contributed by atoms with Crippen LogP contribution in [0.4, 0.5) is 9.59 Å². The molecular formula is C28H36Br2N4O11S2. The van der Waals surface area contributed by atoms with E-state index in [-0.39, 0.29) is 49.1 Å². The van der Waals surface area contributed by atoms with Crippen LogP contribution in [-0.4, -0.2) is 132 Å². The number of hydrogen-bond acceptors (Lipinski definition) is 9. The van der Waals surface area contributed by atoms with Crippen molar-refractivity contribution in [3.05, 3.63) is 57.5 Å². The molecule has 3 N–H and O–H groups in total. The molecule has 19 heteroatoms. The third-order valence-electron chi connectivity index (χ3n) is 7.06. The first-order valence-electron chi connectivity index (χ1n) is 14.1. The number of hydrogen-bond donors (Lipinski definition) is 3. The van der Waals surface area contributed by atoms with Gasteiger partial charge in [0.05, 0.1) is 22.4 Å². The van der Waals surface area contributed by atoms with E-state index >= 15 is 0 Å². The number of halogens is 2. The standard InChI is InChI=1S/C16H23BrN2O5S.C12H13BrN2O6S/c1-16(2,3)24-15(21)19-9-8-18(10-13(19)11-20)25(22,23)14-6-4-12(17)5-7-14;13-8-1-3-9(4-2-8)22(20,21)14-5-6-15(12(18)19)10(7-14)11(16)17/h4-7,13,20H,8-11H2,1-3H3;1-4,10H,5-7H2,(H,16,17)(H,18,19). The number of benzene rings is 2. The topological polar surface area (TPSA) is 202 Å². The SMILES string of the molecule is CC(C)(C)OC(=O)N1CCN(S(=O)(=O)c2ccc(Br)cc2)CC1CO.O=C(O)C1CN(S(=O)(=O)c2ccc(Br)cc2)CCN1C(=O)O. The van der Waals surface area contributed by atoms with E-state index in [9.17, 15) is 36.3 Å². The zero-order valence-electron chi connectivity index (χ0n) is 25.7. The van der Waals surface area contributed by atoms with Crippen LogP contribution in [0.2, 0.25) is 0 Å². The molecule has 0 saturated carbocycles. The fraction of sp³-hybridized carbons (Fsp3) is 0.464. The summed E-state index contributed by atoms with van der Waals surface area (Å²) in [6.45, 7) is 4.56. The number of piperazine rings is 2. The van der Waals surface area contributed by atoms with Crippen molar-refractivity contribution < 1.29 is 51.3 Å². The Hall–Kier alpha value is -2.81. The van der Waals surface area contributed by atoms with Gasteiger partial charge in [-0.05, 0) is 69.3 Å². The summed E-state index contributed by atoms with van der Waals surface area (Å²) in [4.78, 5) is 36.8. The molecule has 2 aromatic carbocycles. The summed E-state index contributed by atoms with van der Waals surface area (Å²) in [7, 11) is -7.55. The van der Waals surface area contributed by atoms with E-state index in [2.05, 4.69) is 31.9 Å². The van der Waals surface area contributed by atoms with Gasteiger partial charge in [0, 0.05) is 48.2 Å². The molecule has 260 valence electrons. The molecule has 0 radical (unpaired) electrons. The second-order valence-corrected chi connectivity index (χ2v) is 17.2. The molecule has 4 rings (SSSR count). The maximum absolute atomic E-state index is 12.8. The van der Waals surface area contributed by atoms with Crippen molar-refractivity contribution >= 4 is 70.1 Å². The van der Waals surface area contributed by atoms with Crippen LogP contribution in [0.1, 0.15) is 20.8 Å². The highest BCUT2D eigenvalue weighted by molar-refractivity contribution is 9.10. The summed E-state index contributed by atoms with van der Waals surface area (Å²) in [5.41, 5.74) is -0.655. The molecule has 2 fully saturated rings. The molecule has 0 aliphatic carbocycles. The second-order valence-electron chi connectivity index (χ2n) is 11.5. The van der Waals surface area contributed by atoms with E-state index < -0.39 is 62.4 Å². The van der Waals surface area contributed by atoms with Crippen molar-refractivity contribution in [2.75, 3.05) is 45.9 Å². The van der Waals surface area contributed by atoms with Gasteiger partial charge in [0.25, 0.3) is 0 Å². The van der Waals surface area contributed by atoms with E-state index in [0.717, 1.165) is 13.7 Å². The van der Waals surface area contributed by atoms with Crippen molar-refractivity contribution in [2.45, 2.75) is 48.2 Å². The van der Waals surface area contributed by atoms with E-state index in [1.807, 2.05) is 0 Å². The van der Waals surface area contributed by atoms with Gasteiger partial charge in [0.1, 0.15) is 11.6 Å². The Balaban J connectivity index is 0.000000257. The minimum absolute atomic E-state index is 0.0220. The van der Waals surface area contributed by atoms with E-state index in [4.69, 9.17) is 14.9 Å². The largest absolute Gasteiger partial charge is 0.480 e. The summed E-state index contributed by atoms with van der Waals surface area (Å²) in [6.07, 6.45) is -1.93. The van der Waals surface area contributed by atoms with E-state index in [1.165, 1.54) is 33.5 Å². The zero-order valence-corrected chi connectivity index (χ0v) is 30.5. The van der Waals surface area contributed by atoms with Gasteiger partial charge in [0.15, 0.2) is 0 Å². The molecule has 2 aromatic rings. The Kier molecular flexibility index (Phi) is 12.8. The molecule has 15 nitrogen and oxygen atoms in total. The second kappa shape index (κ2) is 15.6. The molecule has 0 bridgehead atoms. The van der Waals surface area contributed by atoms with Crippen LogP contribution in [0.5, 0.6) is 0 Å². The number of aliphatic carboxylic acids is 1. The van der Waals surface area contributed by atoms with Crippen LogP contribution >= 0.6 is 31.9 Å². The van der Waals surface area contributed by atoms with Crippen molar-refractivity contribution in [1.82, 2.24) is 18.4 Å². The Morgan fingerprint density at radius 3 is 1.57 bits per heavy atom. The van der Waals surface area contributed by atoms with Crippen molar-refractivity contribution in [2.24, 2.45) is 0 Å². The van der Waals surface area contributed by atoms with Crippen LogP contribution in [0, 0.1) is 0 Å². The highest BCUT2D eigenvalue weighted by Crippen LogP contribution is 2.24. The van der Waals surface area contributed by atoms with Crippen LogP contribution in [-0.2, 0) is 29.6 Å². The quantitative estimate of drug-likeness (QED) is 0.387. The predicted octanol–water partition coefficient (Wildman–Crippen LogP) is 2.94. The summed E-state index contributed by atoms with van der Waals surface area (Å²) < 4.78 is 59.6. The van der Waals surface area contributed by atoms with Gasteiger partial charge in [0.2, 0.25) is 20.0 Å². The lowest BCUT2D eigenvalue weighted by Crippen LogP contribution is -2.59. The van der Waals surface area contributed by atoms with Crippen molar-refractivity contribution in [1.29, 1.82) is 0 Å². The maximum Gasteiger partial charge on any atom is 0.410 e. The molecule has 2 unspecified atom stereocenters. The van der Waals surface area contributed by atoms with Gasteiger partial charge in [-0.1, -0.05) is 31.9 Å². The first kappa shape index (κ1) is 38.6. The lowest BCUT2D eigenvalue weighted by atomic mass is 10.2. The van der Waals surface area contributed by atoms with Crippen LogP contribution in [0.3, 0.4) is 0 Å². The smallest absolute Gasteiger partial charge is 0.410 e. The number of ether oxygens (including phenoxy) is 1. The van der Waals surface area contributed by atoms with Crippen molar-refractivity contribution in [3.63, 3.8) is 0 Å². The lowest BCUT2D eigenvalue weighted by Gasteiger charge is -2.40. The van der Waals surface area contributed by atoms with Gasteiger partial charge >= 0.3 is 18.2 Å². The Morgan fingerprint density at radius 2 is 1.19 bits per heavy atom. The third kappa shape index (κ3) is 9.86. The van der Waals surface area contributed by atoms with E-state index in [1.54, 1.807) is 45.0 Å². The molecular weight excluding hydrogens is 792 g/mol. The molecule has 2 amide bonds. The van der Waals surface area contributed by atoms with E-state index in [0.29, 0.717) is 4.47 Å². The fourth-order valence-electron chi connectivity index (χ4n) is 4.69.